The smallest absolute Gasteiger partial charge is 0.416 e. The number of nitrogens with zero attached hydrogens (tertiary/aromatic N) is 1. The van der Waals surface area contributed by atoms with Crippen molar-refractivity contribution in [1.82, 2.24) is 5.32 Å². The van der Waals surface area contributed by atoms with Gasteiger partial charge in [-0.25, -0.2) is 0 Å². The number of alkyl halides is 3. The fraction of sp³-hybridized carbons (Fsp3) is 0.0588. The number of nitro benzene ring substituents is 1. The number of ether oxygens (including phenoxy) is 1. The molecule has 1 N–H and O–H groups in total. The van der Waals surface area contributed by atoms with E-state index in [1.165, 1.54) is 18.2 Å². The van der Waals surface area contributed by atoms with E-state index in [-0.39, 0.29) is 10.7 Å². The van der Waals surface area contributed by atoms with Crippen molar-refractivity contribution in [3.05, 3.63) is 68.6 Å². The molecule has 0 bridgehead atoms. The fourth-order valence-electron chi connectivity index (χ4n) is 2.30. The summed E-state index contributed by atoms with van der Waals surface area (Å²) in [5.41, 5.74) is -1.73. The molecule has 0 spiro atoms. The van der Waals surface area contributed by atoms with Crippen LogP contribution in [0.4, 0.5) is 23.7 Å². The quantitative estimate of drug-likeness (QED) is 0.445. The third-order valence-electron chi connectivity index (χ3n) is 3.55. The molecule has 144 valence electrons. The van der Waals surface area contributed by atoms with Gasteiger partial charge < -0.3 is 4.74 Å². The topological polar surface area (TPSA) is 98.5 Å². The highest BCUT2D eigenvalue weighted by atomic mass is 32.2. The molecule has 1 aliphatic rings. The lowest BCUT2D eigenvalue weighted by atomic mass is 10.1. The van der Waals surface area contributed by atoms with E-state index in [1.807, 2.05) is 0 Å². The van der Waals surface area contributed by atoms with E-state index in [1.54, 1.807) is 12.1 Å². The maximum atomic E-state index is 12.8. The van der Waals surface area contributed by atoms with Gasteiger partial charge in [-0.15, -0.1) is 0 Å². The van der Waals surface area contributed by atoms with Crippen molar-refractivity contribution in [3.8, 4) is 11.5 Å². The number of halogens is 3. The number of para-hydroxylation sites is 1. The molecule has 1 saturated heterocycles. The van der Waals surface area contributed by atoms with Crippen LogP contribution in [-0.2, 0) is 11.0 Å². The Bertz CT molecular complexity index is 1020. The normalized spacial score (nSPS) is 15.6. The van der Waals surface area contributed by atoms with Gasteiger partial charge in [0.05, 0.1) is 15.4 Å². The molecule has 1 heterocycles. The van der Waals surface area contributed by atoms with E-state index in [2.05, 4.69) is 5.32 Å². The van der Waals surface area contributed by atoms with Gasteiger partial charge in [-0.1, -0.05) is 18.2 Å². The lowest BCUT2D eigenvalue weighted by molar-refractivity contribution is -0.385. The molecule has 0 aromatic heterocycles. The third kappa shape index (κ3) is 4.14. The highest BCUT2D eigenvalue weighted by molar-refractivity contribution is 8.18. The van der Waals surface area contributed by atoms with Gasteiger partial charge >= 0.3 is 11.9 Å². The molecule has 0 radical (unpaired) electrons. The molecule has 0 saturated carbocycles. The molecular formula is C17H9F3N2O5S. The zero-order valence-electron chi connectivity index (χ0n) is 13.6. The Labute approximate surface area is 159 Å². The minimum Gasteiger partial charge on any atom is -0.449 e. The Morgan fingerprint density at radius 2 is 1.82 bits per heavy atom. The molecular weight excluding hydrogens is 401 g/mol. The average Bonchev–Trinajstić information content (AvgIpc) is 2.93. The number of thioether (sulfide) groups is 1. The molecule has 2 aromatic rings. The third-order valence-corrected chi connectivity index (χ3v) is 4.36. The first-order chi connectivity index (χ1) is 13.1. The summed E-state index contributed by atoms with van der Waals surface area (Å²) in [5.74, 6) is -0.945. The maximum Gasteiger partial charge on any atom is 0.416 e. The number of carbonyl (C=O) groups is 2. The molecule has 0 unspecified atom stereocenters. The van der Waals surface area contributed by atoms with E-state index in [0.29, 0.717) is 29.5 Å². The van der Waals surface area contributed by atoms with E-state index in [4.69, 9.17) is 4.74 Å². The molecule has 3 rings (SSSR count). The molecule has 1 fully saturated rings. The Morgan fingerprint density at radius 3 is 2.43 bits per heavy atom. The van der Waals surface area contributed by atoms with Crippen LogP contribution in [0.3, 0.4) is 0 Å². The number of hydrogen-bond donors (Lipinski definition) is 1. The SMILES string of the molecule is O=C1NC(=O)/C(=C/c2ccccc2Oc2ccc(C(F)(F)F)cc2[N+](=O)[O-])S1. The first-order valence-electron chi connectivity index (χ1n) is 7.52. The van der Waals surface area contributed by atoms with Gasteiger partial charge in [0.25, 0.3) is 11.1 Å². The predicted octanol–water partition coefficient (Wildman–Crippen LogP) is 4.73. The highest BCUT2D eigenvalue weighted by Crippen LogP contribution is 2.39. The number of nitrogens with one attached hydrogen (secondary N) is 1. The highest BCUT2D eigenvalue weighted by Gasteiger charge is 2.33. The van der Waals surface area contributed by atoms with Crippen molar-refractivity contribution in [2.45, 2.75) is 6.18 Å². The molecule has 0 aliphatic carbocycles. The second-order valence-corrected chi connectivity index (χ2v) is 6.44. The van der Waals surface area contributed by atoms with Crippen molar-refractivity contribution in [3.63, 3.8) is 0 Å². The number of rotatable bonds is 4. The lowest BCUT2D eigenvalue weighted by Crippen LogP contribution is -2.17. The van der Waals surface area contributed by atoms with Crippen molar-refractivity contribution < 1.29 is 32.4 Å². The van der Waals surface area contributed by atoms with E-state index < -0.39 is 39.2 Å². The van der Waals surface area contributed by atoms with Gasteiger partial charge in [0.15, 0.2) is 0 Å². The van der Waals surface area contributed by atoms with Crippen LogP contribution >= 0.6 is 11.8 Å². The summed E-state index contributed by atoms with van der Waals surface area (Å²) >= 11 is 0.669. The zero-order chi connectivity index (χ0) is 20.5. The molecule has 28 heavy (non-hydrogen) atoms. The van der Waals surface area contributed by atoms with Gasteiger partial charge in [0.1, 0.15) is 5.75 Å². The first kappa shape index (κ1) is 19.4. The average molecular weight is 410 g/mol. The van der Waals surface area contributed by atoms with Crippen LogP contribution in [0, 0.1) is 10.1 Å². The van der Waals surface area contributed by atoms with Gasteiger partial charge in [-0.3, -0.25) is 25.0 Å². The van der Waals surface area contributed by atoms with E-state index in [9.17, 15) is 32.9 Å². The molecule has 2 aromatic carbocycles. The van der Waals surface area contributed by atoms with Gasteiger partial charge in [-0.2, -0.15) is 13.2 Å². The number of hydrogen-bond acceptors (Lipinski definition) is 6. The second kappa shape index (κ2) is 7.35. The Morgan fingerprint density at radius 1 is 1.11 bits per heavy atom. The fourth-order valence-corrected chi connectivity index (χ4v) is 2.97. The van der Waals surface area contributed by atoms with Crippen LogP contribution in [0.1, 0.15) is 11.1 Å². The Balaban J connectivity index is 1.99. The summed E-state index contributed by atoms with van der Waals surface area (Å²) in [6.07, 6.45) is -3.40. The minimum absolute atomic E-state index is 0.0607. The van der Waals surface area contributed by atoms with Crippen LogP contribution in [0.25, 0.3) is 6.08 Å². The Kier molecular flexibility index (Phi) is 5.10. The predicted molar refractivity (Wildman–Crippen MR) is 93.7 cm³/mol. The monoisotopic (exact) mass is 410 g/mol. The number of imide groups is 1. The number of carbonyl (C=O) groups excluding carboxylic acids is 2. The van der Waals surface area contributed by atoms with Crippen LogP contribution in [0.2, 0.25) is 0 Å². The summed E-state index contributed by atoms with van der Waals surface area (Å²) in [7, 11) is 0. The van der Waals surface area contributed by atoms with Crippen molar-refractivity contribution in [1.29, 1.82) is 0 Å². The van der Waals surface area contributed by atoms with Crippen LogP contribution in [0.15, 0.2) is 47.4 Å². The molecule has 1 aliphatic heterocycles. The maximum absolute atomic E-state index is 12.8. The number of nitro groups is 1. The standard InChI is InChI=1S/C17H9F3N2O5S/c18-17(19,20)10-5-6-13(11(8-10)22(25)26)27-12-4-2-1-3-9(12)7-14-15(23)21-16(24)28-14/h1-8H,(H,21,23,24)/b14-7-. The molecule has 2 amide bonds. The van der Waals surface area contributed by atoms with Crippen LogP contribution in [0.5, 0.6) is 11.5 Å². The molecule has 0 atom stereocenters. The first-order valence-corrected chi connectivity index (χ1v) is 8.34. The molecule has 7 nitrogen and oxygen atoms in total. The van der Waals surface area contributed by atoms with Crippen molar-refractivity contribution in [2.75, 3.05) is 0 Å². The van der Waals surface area contributed by atoms with E-state index in [0.717, 1.165) is 6.07 Å². The Hall–Kier alpha value is -3.34. The lowest BCUT2D eigenvalue weighted by Gasteiger charge is -2.11. The summed E-state index contributed by atoms with van der Waals surface area (Å²) in [5, 5.41) is 12.7. The second-order valence-electron chi connectivity index (χ2n) is 5.43. The summed E-state index contributed by atoms with van der Waals surface area (Å²) < 4.78 is 43.9. The van der Waals surface area contributed by atoms with Gasteiger partial charge in [0.2, 0.25) is 5.75 Å². The number of benzene rings is 2. The van der Waals surface area contributed by atoms with Crippen molar-refractivity contribution >= 4 is 34.7 Å². The van der Waals surface area contributed by atoms with Crippen molar-refractivity contribution in [2.24, 2.45) is 0 Å². The largest absolute Gasteiger partial charge is 0.449 e. The van der Waals surface area contributed by atoms with Gasteiger partial charge in [-0.05, 0) is 36.0 Å². The summed E-state index contributed by atoms with van der Waals surface area (Å²) in [6.45, 7) is 0. The van der Waals surface area contributed by atoms with Gasteiger partial charge in [0, 0.05) is 11.6 Å². The minimum atomic E-state index is -4.74. The zero-order valence-corrected chi connectivity index (χ0v) is 14.5. The number of amides is 2. The summed E-state index contributed by atoms with van der Waals surface area (Å²) in [4.78, 5) is 33.2. The molecule has 11 heteroatoms. The summed E-state index contributed by atoms with van der Waals surface area (Å²) in [6, 6.07) is 7.99. The van der Waals surface area contributed by atoms with Crippen LogP contribution in [-0.4, -0.2) is 16.1 Å². The van der Waals surface area contributed by atoms with E-state index >= 15 is 0 Å². The van der Waals surface area contributed by atoms with Crippen LogP contribution < -0.4 is 10.1 Å².